The summed E-state index contributed by atoms with van der Waals surface area (Å²) in [4.78, 5) is 12.0. The van der Waals surface area contributed by atoms with E-state index >= 15 is 0 Å². The summed E-state index contributed by atoms with van der Waals surface area (Å²) in [6.07, 6.45) is 1.71. The van der Waals surface area contributed by atoms with Crippen molar-refractivity contribution in [1.29, 1.82) is 0 Å². The van der Waals surface area contributed by atoms with Crippen molar-refractivity contribution in [2.24, 2.45) is 5.92 Å². The molecule has 1 heterocycles. The topological polar surface area (TPSA) is 50.4 Å². The molecule has 0 aromatic heterocycles. The standard InChI is InChI=1S/C15H21ClN2O2/c1-11(20-14-4-2-3-13(16)9-14)15(19)18-10-12-5-7-17-8-6-12/h2-4,9,11-12,17H,5-8,10H2,1H3,(H,18,19). The lowest BCUT2D eigenvalue weighted by Gasteiger charge is -2.23. The predicted octanol–water partition coefficient (Wildman–Crippen LogP) is 2.22. The predicted molar refractivity (Wildman–Crippen MR) is 80.1 cm³/mol. The zero-order valence-electron chi connectivity index (χ0n) is 11.7. The largest absolute Gasteiger partial charge is 0.481 e. The minimum Gasteiger partial charge on any atom is -0.481 e. The van der Waals surface area contributed by atoms with Crippen molar-refractivity contribution in [3.63, 3.8) is 0 Å². The number of carbonyl (C=O) groups excluding carboxylic acids is 1. The fourth-order valence-corrected chi connectivity index (χ4v) is 2.45. The molecule has 1 aliphatic heterocycles. The first-order valence-corrected chi connectivity index (χ1v) is 7.43. The molecule has 1 aliphatic rings. The van der Waals surface area contributed by atoms with Crippen LogP contribution >= 0.6 is 11.6 Å². The Balaban J connectivity index is 1.76. The third-order valence-electron chi connectivity index (χ3n) is 3.50. The highest BCUT2D eigenvalue weighted by Gasteiger charge is 2.18. The number of hydrogen-bond acceptors (Lipinski definition) is 3. The van der Waals surface area contributed by atoms with Crippen LogP contribution in [0.5, 0.6) is 5.75 Å². The SMILES string of the molecule is CC(Oc1cccc(Cl)c1)C(=O)NCC1CCNCC1. The van der Waals surface area contributed by atoms with Crippen LogP contribution in [0.2, 0.25) is 5.02 Å². The van der Waals surface area contributed by atoms with Crippen molar-refractivity contribution < 1.29 is 9.53 Å². The highest BCUT2D eigenvalue weighted by Crippen LogP contribution is 2.18. The molecule has 1 aromatic carbocycles. The number of ether oxygens (including phenoxy) is 1. The molecule has 0 saturated carbocycles. The van der Waals surface area contributed by atoms with Gasteiger partial charge in [-0.3, -0.25) is 4.79 Å². The number of rotatable bonds is 5. The lowest BCUT2D eigenvalue weighted by molar-refractivity contribution is -0.127. The van der Waals surface area contributed by atoms with E-state index in [1.54, 1.807) is 31.2 Å². The van der Waals surface area contributed by atoms with Crippen molar-refractivity contribution >= 4 is 17.5 Å². The second-order valence-corrected chi connectivity index (χ2v) is 5.59. The molecule has 0 spiro atoms. The van der Waals surface area contributed by atoms with Crippen molar-refractivity contribution in [2.45, 2.75) is 25.9 Å². The van der Waals surface area contributed by atoms with Crippen LogP contribution in [0.25, 0.3) is 0 Å². The van der Waals surface area contributed by atoms with E-state index in [1.807, 2.05) is 0 Å². The average Bonchev–Trinajstić information content (AvgIpc) is 2.46. The number of hydrogen-bond donors (Lipinski definition) is 2. The van der Waals surface area contributed by atoms with Crippen LogP contribution in [0.4, 0.5) is 0 Å². The van der Waals surface area contributed by atoms with Gasteiger partial charge in [-0.15, -0.1) is 0 Å². The summed E-state index contributed by atoms with van der Waals surface area (Å²) in [5.41, 5.74) is 0. The molecule has 0 radical (unpaired) electrons. The smallest absolute Gasteiger partial charge is 0.260 e. The molecular weight excluding hydrogens is 276 g/mol. The maximum absolute atomic E-state index is 12.0. The van der Waals surface area contributed by atoms with Crippen LogP contribution in [-0.4, -0.2) is 31.6 Å². The molecule has 1 unspecified atom stereocenters. The lowest BCUT2D eigenvalue weighted by Crippen LogP contribution is -2.41. The summed E-state index contributed by atoms with van der Waals surface area (Å²) < 4.78 is 5.59. The summed E-state index contributed by atoms with van der Waals surface area (Å²) in [6, 6.07) is 7.08. The molecule has 2 rings (SSSR count). The molecule has 1 saturated heterocycles. The van der Waals surface area contributed by atoms with Crippen LogP contribution in [0.1, 0.15) is 19.8 Å². The van der Waals surface area contributed by atoms with E-state index < -0.39 is 6.10 Å². The third-order valence-corrected chi connectivity index (χ3v) is 3.74. The maximum atomic E-state index is 12.0. The van der Waals surface area contributed by atoms with Crippen LogP contribution in [-0.2, 0) is 4.79 Å². The molecule has 5 heteroatoms. The molecule has 20 heavy (non-hydrogen) atoms. The van der Waals surface area contributed by atoms with Crippen LogP contribution < -0.4 is 15.4 Å². The number of amides is 1. The minimum atomic E-state index is -0.518. The summed E-state index contributed by atoms with van der Waals surface area (Å²) in [6.45, 7) is 4.55. The number of benzene rings is 1. The lowest BCUT2D eigenvalue weighted by atomic mass is 9.98. The Bertz CT molecular complexity index is 447. The van der Waals surface area contributed by atoms with Crippen molar-refractivity contribution in [1.82, 2.24) is 10.6 Å². The average molecular weight is 297 g/mol. The van der Waals surface area contributed by atoms with Gasteiger partial charge in [0, 0.05) is 11.6 Å². The number of piperidine rings is 1. The summed E-state index contributed by atoms with van der Waals surface area (Å²) in [7, 11) is 0. The Kier molecular flexibility index (Phi) is 5.68. The van der Waals surface area contributed by atoms with Gasteiger partial charge >= 0.3 is 0 Å². The quantitative estimate of drug-likeness (QED) is 0.876. The highest BCUT2D eigenvalue weighted by molar-refractivity contribution is 6.30. The van der Waals surface area contributed by atoms with Gasteiger partial charge in [0.05, 0.1) is 0 Å². The molecule has 0 aliphatic carbocycles. The molecule has 4 nitrogen and oxygen atoms in total. The fraction of sp³-hybridized carbons (Fsp3) is 0.533. The molecular formula is C15H21ClN2O2. The van der Waals surface area contributed by atoms with Gasteiger partial charge in [0.15, 0.2) is 6.10 Å². The van der Waals surface area contributed by atoms with Crippen molar-refractivity contribution in [3.05, 3.63) is 29.3 Å². The van der Waals surface area contributed by atoms with E-state index in [0.29, 0.717) is 16.7 Å². The van der Waals surface area contributed by atoms with Gasteiger partial charge in [0.1, 0.15) is 5.75 Å². The van der Waals surface area contributed by atoms with Gasteiger partial charge in [0.2, 0.25) is 0 Å². The second-order valence-electron chi connectivity index (χ2n) is 5.16. The van der Waals surface area contributed by atoms with E-state index in [4.69, 9.17) is 16.3 Å². The van der Waals surface area contributed by atoms with Crippen molar-refractivity contribution in [2.75, 3.05) is 19.6 Å². The number of halogens is 1. The normalized spacial score (nSPS) is 17.5. The monoisotopic (exact) mass is 296 g/mol. The first kappa shape index (κ1) is 15.1. The molecule has 2 N–H and O–H groups in total. The first-order chi connectivity index (χ1) is 9.65. The number of carbonyl (C=O) groups is 1. The van der Waals surface area contributed by atoms with Crippen LogP contribution in [0.3, 0.4) is 0 Å². The summed E-state index contributed by atoms with van der Waals surface area (Å²) in [5.74, 6) is 1.10. The molecule has 0 bridgehead atoms. The van der Waals surface area contributed by atoms with E-state index in [0.717, 1.165) is 32.5 Å². The Morgan fingerprint density at radius 3 is 2.95 bits per heavy atom. The Labute approximate surface area is 124 Å². The second kappa shape index (κ2) is 7.50. The maximum Gasteiger partial charge on any atom is 0.260 e. The highest BCUT2D eigenvalue weighted by atomic mass is 35.5. The van der Waals surface area contributed by atoms with E-state index in [9.17, 15) is 4.79 Å². The fourth-order valence-electron chi connectivity index (χ4n) is 2.27. The van der Waals surface area contributed by atoms with Gasteiger partial charge in [-0.1, -0.05) is 17.7 Å². The molecule has 1 aromatic rings. The van der Waals surface area contributed by atoms with Gasteiger partial charge in [-0.25, -0.2) is 0 Å². The van der Waals surface area contributed by atoms with E-state index in [-0.39, 0.29) is 5.91 Å². The molecule has 1 amide bonds. The van der Waals surface area contributed by atoms with Gasteiger partial charge in [-0.05, 0) is 57.0 Å². The molecule has 1 atom stereocenters. The van der Waals surface area contributed by atoms with E-state index in [2.05, 4.69) is 10.6 Å². The first-order valence-electron chi connectivity index (χ1n) is 7.06. The van der Waals surface area contributed by atoms with E-state index in [1.165, 1.54) is 0 Å². The number of nitrogens with one attached hydrogen (secondary N) is 2. The Morgan fingerprint density at radius 2 is 2.25 bits per heavy atom. The summed E-state index contributed by atoms with van der Waals surface area (Å²) >= 11 is 5.88. The summed E-state index contributed by atoms with van der Waals surface area (Å²) in [5, 5.41) is 6.88. The molecule has 110 valence electrons. The van der Waals surface area contributed by atoms with Crippen LogP contribution in [0, 0.1) is 5.92 Å². The zero-order chi connectivity index (χ0) is 14.4. The zero-order valence-corrected chi connectivity index (χ0v) is 12.5. The van der Waals surface area contributed by atoms with Crippen molar-refractivity contribution in [3.8, 4) is 5.75 Å². The third kappa shape index (κ3) is 4.69. The van der Waals surface area contributed by atoms with Gasteiger partial charge in [-0.2, -0.15) is 0 Å². The Hall–Kier alpha value is -1.26. The van der Waals surface area contributed by atoms with Gasteiger partial charge < -0.3 is 15.4 Å². The molecule has 1 fully saturated rings. The Morgan fingerprint density at radius 1 is 1.50 bits per heavy atom. The van der Waals surface area contributed by atoms with Crippen LogP contribution in [0.15, 0.2) is 24.3 Å². The van der Waals surface area contributed by atoms with Gasteiger partial charge in [0.25, 0.3) is 5.91 Å². The minimum absolute atomic E-state index is 0.0801.